The predicted octanol–water partition coefficient (Wildman–Crippen LogP) is 4.11. The number of pyridine rings is 1. The zero-order chi connectivity index (χ0) is 23.8. The molecule has 0 aliphatic carbocycles. The summed E-state index contributed by atoms with van der Waals surface area (Å²) in [7, 11) is 0. The average Bonchev–Trinajstić information content (AvgIpc) is 3.28. The van der Waals surface area contributed by atoms with Crippen LogP contribution in [0.4, 0.5) is 5.82 Å². The fourth-order valence-corrected chi connectivity index (χ4v) is 5.19. The third kappa shape index (κ3) is 7.13. The summed E-state index contributed by atoms with van der Waals surface area (Å²) in [6.07, 6.45) is 7.37. The van der Waals surface area contributed by atoms with Crippen molar-refractivity contribution in [3.63, 3.8) is 0 Å². The Hall–Kier alpha value is -2.73. The highest BCUT2D eigenvalue weighted by atomic mass is 16.1. The van der Waals surface area contributed by atoms with Crippen molar-refractivity contribution in [3.8, 4) is 0 Å². The Bertz CT molecular complexity index is 962. The summed E-state index contributed by atoms with van der Waals surface area (Å²) in [5.74, 6) is 1.20. The van der Waals surface area contributed by atoms with Crippen molar-refractivity contribution in [2.45, 2.75) is 70.3 Å². The molecule has 0 radical (unpaired) electrons. The Morgan fingerprint density at radius 2 is 2.00 bits per heavy atom. The van der Waals surface area contributed by atoms with Crippen LogP contribution in [0.15, 0.2) is 42.5 Å². The number of nitrogens with zero attached hydrogens (tertiary/aromatic N) is 2. The largest absolute Gasteiger partial charge is 0.370 e. The van der Waals surface area contributed by atoms with Crippen LogP contribution in [-0.2, 0) is 22.4 Å². The number of amides is 1. The van der Waals surface area contributed by atoms with E-state index in [-0.39, 0.29) is 23.7 Å². The van der Waals surface area contributed by atoms with Gasteiger partial charge in [0, 0.05) is 44.2 Å². The molecule has 182 valence electrons. The van der Waals surface area contributed by atoms with Crippen LogP contribution in [0.1, 0.15) is 68.2 Å². The quantitative estimate of drug-likeness (QED) is 0.492. The molecule has 1 aromatic heterocycles. The van der Waals surface area contributed by atoms with E-state index >= 15 is 0 Å². The Morgan fingerprint density at radius 3 is 2.82 bits per heavy atom. The van der Waals surface area contributed by atoms with E-state index in [0.29, 0.717) is 12.8 Å². The van der Waals surface area contributed by atoms with Crippen molar-refractivity contribution in [1.82, 2.24) is 15.2 Å². The number of rotatable bonds is 11. The van der Waals surface area contributed by atoms with Gasteiger partial charge in [0.15, 0.2) is 0 Å². The van der Waals surface area contributed by atoms with Crippen LogP contribution in [0, 0.1) is 0 Å². The Morgan fingerprint density at radius 1 is 1.15 bits per heavy atom. The molecular formula is C28H38N4O2. The first-order valence-corrected chi connectivity index (χ1v) is 12.9. The zero-order valence-electron chi connectivity index (χ0n) is 20.4. The highest BCUT2D eigenvalue weighted by Crippen LogP contribution is 2.24. The summed E-state index contributed by atoms with van der Waals surface area (Å²) in [5.41, 5.74) is 3.58. The van der Waals surface area contributed by atoms with Gasteiger partial charge in [-0.05, 0) is 75.1 Å². The maximum atomic E-state index is 12.7. The van der Waals surface area contributed by atoms with E-state index in [1.54, 1.807) is 6.92 Å². The number of hydrogen-bond donors (Lipinski definition) is 2. The molecule has 2 aromatic rings. The number of aromatic nitrogens is 1. The lowest BCUT2D eigenvalue weighted by molar-refractivity contribution is -0.122. The smallest absolute Gasteiger partial charge is 0.220 e. The van der Waals surface area contributed by atoms with Gasteiger partial charge in [-0.1, -0.05) is 36.4 Å². The van der Waals surface area contributed by atoms with E-state index in [0.717, 1.165) is 69.7 Å². The normalized spacial score (nSPS) is 18.7. The summed E-state index contributed by atoms with van der Waals surface area (Å²) in [6.45, 7) is 5.63. The molecular weight excluding hydrogens is 424 g/mol. The second kappa shape index (κ2) is 12.1. The monoisotopic (exact) mass is 462 g/mol. The molecule has 1 fully saturated rings. The Labute approximate surface area is 203 Å². The first-order chi connectivity index (χ1) is 16.6. The maximum absolute atomic E-state index is 12.7. The molecule has 1 amide bonds. The fraction of sp³-hybridized carbons (Fsp3) is 0.536. The van der Waals surface area contributed by atoms with E-state index in [1.807, 2.05) is 30.3 Å². The molecule has 1 saturated heterocycles. The molecule has 2 N–H and O–H groups in total. The number of unbranched alkanes of at least 4 members (excludes halogenated alkanes) is 1. The molecule has 2 aliphatic rings. The molecule has 1 aromatic carbocycles. The van der Waals surface area contributed by atoms with E-state index in [1.165, 1.54) is 17.7 Å². The lowest BCUT2D eigenvalue weighted by Crippen LogP contribution is -2.38. The van der Waals surface area contributed by atoms with Gasteiger partial charge in [0.25, 0.3) is 0 Å². The standard InChI is InChI=1S/C28H38N4O2/c1-21(33)18-24(22-8-3-2-4-9-22)19-27(34)30-26-14-17-32(20-26)16-6-5-11-25-13-12-23-10-7-15-29-28(23)31-25/h2-4,8-9,12-13,24,26H,5-7,10-11,14-20H2,1H3,(H,29,31)(H,30,34)/t24-,26-/m1/s1. The molecule has 0 unspecified atom stereocenters. The molecule has 2 aliphatic heterocycles. The summed E-state index contributed by atoms with van der Waals surface area (Å²) in [5, 5.41) is 6.64. The van der Waals surface area contributed by atoms with Gasteiger partial charge in [0.2, 0.25) is 5.91 Å². The molecule has 6 nitrogen and oxygen atoms in total. The summed E-state index contributed by atoms with van der Waals surface area (Å²) in [6, 6.07) is 14.5. The van der Waals surface area contributed by atoms with E-state index in [2.05, 4.69) is 27.7 Å². The van der Waals surface area contributed by atoms with Gasteiger partial charge in [0.1, 0.15) is 11.6 Å². The molecule has 3 heterocycles. The fourth-order valence-electron chi connectivity index (χ4n) is 5.19. The van der Waals surface area contributed by atoms with Gasteiger partial charge in [-0.3, -0.25) is 4.79 Å². The third-order valence-corrected chi connectivity index (χ3v) is 6.98. The van der Waals surface area contributed by atoms with Crippen LogP contribution < -0.4 is 10.6 Å². The van der Waals surface area contributed by atoms with Crippen LogP contribution in [-0.4, -0.2) is 53.8 Å². The van der Waals surface area contributed by atoms with Crippen molar-refractivity contribution < 1.29 is 9.59 Å². The topological polar surface area (TPSA) is 74.3 Å². The Kier molecular flexibility index (Phi) is 8.69. The Balaban J connectivity index is 1.16. The molecule has 2 atom stereocenters. The molecule has 4 rings (SSSR count). The molecule has 0 saturated carbocycles. The van der Waals surface area contributed by atoms with Gasteiger partial charge >= 0.3 is 0 Å². The SMILES string of the molecule is CC(=O)C[C@H](CC(=O)N[C@@H]1CCN(CCCCc2ccc3c(n2)NCCC3)C1)c1ccccc1. The van der Waals surface area contributed by atoms with Crippen LogP contribution in [0.2, 0.25) is 0 Å². The molecule has 34 heavy (non-hydrogen) atoms. The number of aryl methyl sites for hydroxylation is 2. The van der Waals surface area contributed by atoms with E-state index in [9.17, 15) is 9.59 Å². The van der Waals surface area contributed by atoms with Crippen molar-refractivity contribution in [2.24, 2.45) is 0 Å². The van der Waals surface area contributed by atoms with Gasteiger partial charge in [0.05, 0.1) is 0 Å². The van der Waals surface area contributed by atoms with Crippen molar-refractivity contribution >= 4 is 17.5 Å². The average molecular weight is 463 g/mol. The number of carbonyl (C=O) groups is 2. The molecule has 6 heteroatoms. The van der Waals surface area contributed by atoms with Crippen LogP contribution in [0.25, 0.3) is 0 Å². The van der Waals surface area contributed by atoms with E-state index < -0.39 is 0 Å². The van der Waals surface area contributed by atoms with Gasteiger partial charge in [-0.25, -0.2) is 4.98 Å². The number of nitrogens with one attached hydrogen (secondary N) is 2. The predicted molar refractivity (Wildman–Crippen MR) is 136 cm³/mol. The second-order valence-corrected chi connectivity index (χ2v) is 9.87. The van der Waals surface area contributed by atoms with Crippen molar-refractivity contribution in [1.29, 1.82) is 0 Å². The number of likely N-dealkylation sites (tertiary alicyclic amines) is 1. The van der Waals surface area contributed by atoms with Crippen molar-refractivity contribution in [3.05, 3.63) is 59.3 Å². The van der Waals surface area contributed by atoms with Gasteiger partial charge in [-0.15, -0.1) is 0 Å². The number of carbonyl (C=O) groups excluding carboxylic acids is 2. The van der Waals surface area contributed by atoms with Crippen LogP contribution in [0.5, 0.6) is 0 Å². The van der Waals surface area contributed by atoms with Crippen molar-refractivity contribution in [2.75, 3.05) is 31.5 Å². The number of benzene rings is 1. The summed E-state index contributed by atoms with van der Waals surface area (Å²) in [4.78, 5) is 31.7. The first kappa shape index (κ1) is 24.4. The van der Waals surface area contributed by atoms with Gasteiger partial charge in [-0.2, -0.15) is 0 Å². The lowest BCUT2D eigenvalue weighted by Gasteiger charge is -2.19. The summed E-state index contributed by atoms with van der Waals surface area (Å²) >= 11 is 0. The highest BCUT2D eigenvalue weighted by Gasteiger charge is 2.25. The lowest BCUT2D eigenvalue weighted by atomic mass is 9.90. The highest BCUT2D eigenvalue weighted by molar-refractivity contribution is 5.80. The van der Waals surface area contributed by atoms with Crippen LogP contribution >= 0.6 is 0 Å². The number of anilines is 1. The maximum Gasteiger partial charge on any atom is 0.220 e. The summed E-state index contributed by atoms with van der Waals surface area (Å²) < 4.78 is 0. The number of fused-ring (bicyclic) bond motifs is 1. The number of ketones is 1. The molecule has 0 spiro atoms. The number of hydrogen-bond acceptors (Lipinski definition) is 5. The minimum Gasteiger partial charge on any atom is -0.370 e. The van der Waals surface area contributed by atoms with Gasteiger partial charge < -0.3 is 20.3 Å². The van der Waals surface area contributed by atoms with Crippen LogP contribution in [0.3, 0.4) is 0 Å². The first-order valence-electron chi connectivity index (χ1n) is 12.9. The second-order valence-electron chi connectivity index (χ2n) is 9.87. The minimum absolute atomic E-state index is 0.0500. The van der Waals surface area contributed by atoms with E-state index in [4.69, 9.17) is 4.98 Å². The zero-order valence-corrected chi connectivity index (χ0v) is 20.4. The molecule has 0 bridgehead atoms. The minimum atomic E-state index is -0.0522. The number of Topliss-reactive ketones (excluding diaryl/α,β-unsaturated/α-hetero) is 1. The third-order valence-electron chi connectivity index (χ3n) is 6.98.